The van der Waals surface area contributed by atoms with E-state index >= 15 is 0 Å². The van der Waals surface area contributed by atoms with Crippen LogP contribution in [-0.2, 0) is 6.54 Å². The summed E-state index contributed by atoms with van der Waals surface area (Å²) >= 11 is 0. The smallest absolute Gasteiger partial charge is 0.341 e. The van der Waals surface area contributed by atoms with Crippen molar-refractivity contribution in [3.05, 3.63) is 96.1 Å². The van der Waals surface area contributed by atoms with Crippen LogP contribution in [0.4, 0.5) is 19.1 Å². The number of fused-ring (bicyclic) bond motifs is 1. The molecule has 6 nitrogen and oxygen atoms in total. The van der Waals surface area contributed by atoms with E-state index in [4.69, 9.17) is 0 Å². The molecule has 0 N–H and O–H groups in total. The van der Waals surface area contributed by atoms with Gasteiger partial charge in [0.15, 0.2) is 0 Å². The lowest BCUT2D eigenvalue weighted by Crippen LogP contribution is -2.35. The SMILES string of the molecule is CN(CC(CCN1CCCN(c2nc3ccccc3n2CC(F)(F)F)CC1)c1ccccc1)C(=O)c1ccccc1. The Labute approximate surface area is 239 Å². The molecule has 1 aliphatic heterocycles. The van der Waals surface area contributed by atoms with Crippen LogP contribution in [0.1, 0.15) is 34.7 Å². The van der Waals surface area contributed by atoms with E-state index in [9.17, 15) is 18.0 Å². The Kier molecular flexibility index (Phi) is 8.93. The second-order valence-corrected chi connectivity index (χ2v) is 10.7. The Balaban J connectivity index is 1.26. The van der Waals surface area contributed by atoms with Crippen LogP contribution in [0.2, 0.25) is 0 Å². The van der Waals surface area contributed by atoms with Gasteiger partial charge in [0.1, 0.15) is 6.54 Å². The number of imidazole rings is 1. The van der Waals surface area contributed by atoms with E-state index in [1.54, 1.807) is 29.2 Å². The Bertz CT molecular complexity index is 1420. The van der Waals surface area contributed by atoms with Gasteiger partial charge in [-0.3, -0.25) is 4.79 Å². The highest BCUT2D eigenvalue weighted by Gasteiger charge is 2.32. The molecule has 5 rings (SSSR count). The second kappa shape index (κ2) is 12.8. The molecule has 1 atom stereocenters. The minimum Gasteiger partial charge on any atom is -0.341 e. The van der Waals surface area contributed by atoms with Crippen LogP contribution in [0.15, 0.2) is 84.9 Å². The number of benzene rings is 3. The van der Waals surface area contributed by atoms with Gasteiger partial charge in [0.05, 0.1) is 11.0 Å². The maximum Gasteiger partial charge on any atom is 0.406 e. The molecule has 0 bridgehead atoms. The molecule has 1 aliphatic rings. The van der Waals surface area contributed by atoms with Crippen LogP contribution >= 0.6 is 0 Å². The molecule has 216 valence electrons. The zero-order chi connectivity index (χ0) is 28.8. The van der Waals surface area contributed by atoms with Gasteiger partial charge in [0, 0.05) is 44.7 Å². The zero-order valence-electron chi connectivity index (χ0n) is 23.3. The van der Waals surface area contributed by atoms with Crippen molar-refractivity contribution in [1.29, 1.82) is 0 Å². The number of para-hydroxylation sites is 2. The summed E-state index contributed by atoms with van der Waals surface area (Å²) in [6, 6.07) is 26.6. The first-order valence-electron chi connectivity index (χ1n) is 14.1. The molecule has 9 heteroatoms. The van der Waals surface area contributed by atoms with E-state index in [-0.39, 0.29) is 11.8 Å². The van der Waals surface area contributed by atoms with E-state index in [0.29, 0.717) is 42.2 Å². The summed E-state index contributed by atoms with van der Waals surface area (Å²) in [5, 5.41) is 0. The molecule has 0 spiro atoms. The quantitative estimate of drug-likeness (QED) is 0.249. The van der Waals surface area contributed by atoms with Crippen LogP contribution in [-0.4, -0.2) is 77.8 Å². The van der Waals surface area contributed by atoms with Gasteiger partial charge in [0.2, 0.25) is 5.95 Å². The normalized spacial score (nSPS) is 15.6. The third-order valence-corrected chi connectivity index (χ3v) is 7.77. The van der Waals surface area contributed by atoms with Crippen molar-refractivity contribution in [3.63, 3.8) is 0 Å². The van der Waals surface area contributed by atoms with Crippen molar-refractivity contribution >= 4 is 22.9 Å². The molecule has 3 aromatic carbocycles. The van der Waals surface area contributed by atoms with E-state index in [1.807, 2.05) is 60.5 Å². The molecule has 2 heterocycles. The molecule has 1 amide bonds. The molecule has 1 fully saturated rings. The number of rotatable bonds is 9. The number of aromatic nitrogens is 2. The van der Waals surface area contributed by atoms with Gasteiger partial charge < -0.3 is 19.3 Å². The Hall–Kier alpha value is -3.85. The first-order chi connectivity index (χ1) is 19.8. The average molecular weight is 564 g/mol. The number of carbonyl (C=O) groups excluding carboxylic acids is 1. The van der Waals surface area contributed by atoms with E-state index in [1.165, 1.54) is 10.1 Å². The number of hydrogen-bond acceptors (Lipinski definition) is 4. The lowest BCUT2D eigenvalue weighted by molar-refractivity contribution is -0.139. The topological polar surface area (TPSA) is 44.6 Å². The molecule has 0 aliphatic carbocycles. The van der Waals surface area contributed by atoms with Crippen molar-refractivity contribution in [2.45, 2.75) is 31.5 Å². The molecule has 41 heavy (non-hydrogen) atoms. The summed E-state index contributed by atoms with van der Waals surface area (Å²) in [4.78, 5) is 23.8. The minimum absolute atomic E-state index is 0.00121. The Morgan fingerprint density at radius 2 is 1.59 bits per heavy atom. The number of amides is 1. The molecule has 0 saturated carbocycles. The van der Waals surface area contributed by atoms with E-state index in [0.717, 1.165) is 32.5 Å². The van der Waals surface area contributed by atoms with Crippen LogP contribution in [0, 0.1) is 0 Å². The van der Waals surface area contributed by atoms with Crippen molar-refractivity contribution < 1.29 is 18.0 Å². The van der Waals surface area contributed by atoms with Gasteiger partial charge in [-0.1, -0.05) is 60.7 Å². The van der Waals surface area contributed by atoms with Crippen LogP contribution < -0.4 is 4.90 Å². The van der Waals surface area contributed by atoms with Crippen molar-refractivity contribution in [3.8, 4) is 0 Å². The standard InChI is InChI=1S/C32H36F3N5O/c1-37(30(41)26-13-6-3-7-14-26)23-27(25-11-4-2-5-12-25)17-20-38-18-10-19-39(22-21-38)31-36-28-15-8-9-16-29(28)40(31)24-32(33,34)35/h2-9,11-16,27H,10,17-24H2,1H3. The maximum atomic E-state index is 13.5. The number of hydrogen-bond donors (Lipinski definition) is 0. The van der Waals surface area contributed by atoms with Crippen LogP contribution in [0.3, 0.4) is 0 Å². The van der Waals surface area contributed by atoms with Gasteiger partial charge in [-0.05, 0) is 55.8 Å². The first-order valence-corrected chi connectivity index (χ1v) is 14.1. The van der Waals surface area contributed by atoms with Crippen molar-refractivity contribution in [1.82, 2.24) is 19.4 Å². The number of likely N-dealkylation sites (N-methyl/N-ethyl adjacent to an activating group) is 1. The lowest BCUT2D eigenvalue weighted by atomic mass is 9.94. The number of nitrogens with zero attached hydrogens (tertiary/aromatic N) is 5. The molecule has 1 unspecified atom stereocenters. The highest BCUT2D eigenvalue weighted by atomic mass is 19.4. The molecule has 1 aromatic heterocycles. The highest BCUT2D eigenvalue weighted by molar-refractivity contribution is 5.94. The largest absolute Gasteiger partial charge is 0.406 e. The summed E-state index contributed by atoms with van der Waals surface area (Å²) in [5.74, 6) is 0.538. The predicted molar refractivity (Wildman–Crippen MR) is 156 cm³/mol. The summed E-state index contributed by atoms with van der Waals surface area (Å²) < 4.78 is 41.8. The van der Waals surface area contributed by atoms with Gasteiger partial charge in [-0.15, -0.1) is 0 Å². The van der Waals surface area contributed by atoms with E-state index < -0.39 is 12.7 Å². The number of alkyl halides is 3. The average Bonchev–Trinajstić information content (AvgIpc) is 3.16. The van der Waals surface area contributed by atoms with Gasteiger partial charge in [0.25, 0.3) is 5.91 Å². The Morgan fingerprint density at radius 3 is 2.32 bits per heavy atom. The second-order valence-electron chi connectivity index (χ2n) is 10.7. The van der Waals surface area contributed by atoms with Gasteiger partial charge in [-0.2, -0.15) is 13.2 Å². The molecule has 4 aromatic rings. The van der Waals surface area contributed by atoms with Crippen LogP contribution in [0.25, 0.3) is 11.0 Å². The third kappa shape index (κ3) is 7.27. The lowest BCUT2D eigenvalue weighted by Gasteiger charge is -2.28. The predicted octanol–water partition coefficient (Wildman–Crippen LogP) is 6.06. The van der Waals surface area contributed by atoms with Gasteiger partial charge >= 0.3 is 6.18 Å². The molecule has 1 saturated heterocycles. The highest BCUT2D eigenvalue weighted by Crippen LogP contribution is 2.29. The zero-order valence-corrected chi connectivity index (χ0v) is 23.3. The fraction of sp³-hybridized carbons (Fsp3) is 0.375. The van der Waals surface area contributed by atoms with Gasteiger partial charge in [-0.25, -0.2) is 4.98 Å². The fourth-order valence-electron chi connectivity index (χ4n) is 5.68. The summed E-state index contributed by atoms with van der Waals surface area (Å²) in [6.45, 7) is 3.21. The van der Waals surface area contributed by atoms with Crippen molar-refractivity contribution in [2.75, 3.05) is 51.2 Å². The molecule has 0 radical (unpaired) electrons. The first kappa shape index (κ1) is 28.7. The van der Waals surface area contributed by atoms with Crippen LogP contribution in [0.5, 0.6) is 0 Å². The summed E-state index contributed by atoms with van der Waals surface area (Å²) in [5.41, 5.74) is 2.94. The monoisotopic (exact) mass is 563 g/mol. The third-order valence-electron chi connectivity index (χ3n) is 7.77. The summed E-state index contributed by atoms with van der Waals surface area (Å²) in [7, 11) is 1.85. The number of anilines is 1. The number of halogens is 3. The molecular weight excluding hydrogens is 527 g/mol. The maximum absolute atomic E-state index is 13.5. The minimum atomic E-state index is -4.34. The van der Waals surface area contributed by atoms with Crippen molar-refractivity contribution in [2.24, 2.45) is 0 Å². The molecular formula is C32H36F3N5O. The summed E-state index contributed by atoms with van der Waals surface area (Å²) in [6.07, 6.45) is -2.64. The fourth-order valence-corrected chi connectivity index (χ4v) is 5.68. The van der Waals surface area contributed by atoms with E-state index in [2.05, 4.69) is 22.0 Å². The Morgan fingerprint density at radius 1 is 0.902 bits per heavy atom. The number of carbonyl (C=O) groups is 1.